The first-order chi connectivity index (χ1) is 8.60. The van der Waals surface area contributed by atoms with Crippen LogP contribution in [0.2, 0.25) is 0 Å². The zero-order valence-corrected chi connectivity index (χ0v) is 11.2. The van der Waals surface area contributed by atoms with Crippen LogP contribution in [0.15, 0.2) is 23.0 Å². The van der Waals surface area contributed by atoms with Gasteiger partial charge < -0.3 is 15.3 Å². The summed E-state index contributed by atoms with van der Waals surface area (Å²) in [6.07, 6.45) is 1.03. The van der Waals surface area contributed by atoms with E-state index in [2.05, 4.69) is 41.3 Å². The first kappa shape index (κ1) is 12.9. The lowest BCUT2D eigenvalue weighted by Gasteiger charge is -2.20. The van der Waals surface area contributed by atoms with Gasteiger partial charge in [0, 0.05) is 0 Å². The second kappa shape index (κ2) is 5.40. The first-order valence-corrected chi connectivity index (χ1v) is 6.45. The number of imidazole rings is 1. The Morgan fingerprint density at radius 2 is 1.94 bits per heavy atom. The molecule has 0 bridgehead atoms. The lowest BCUT2D eigenvalue weighted by Crippen LogP contribution is -2.25. The van der Waals surface area contributed by atoms with Crippen LogP contribution < -0.4 is 11.0 Å². The summed E-state index contributed by atoms with van der Waals surface area (Å²) in [5.74, 6) is 1.25. The van der Waals surface area contributed by atoms with Crippen LogP contribution in [0.3, 0.4) is 0 Å². The van der Waals surface area contributed by atoms with Gasteiger partial charge in [-0.1, -0.05) is 19.9 Å². The van der Waals surface area contributed by atoms with E-state index in [4.69, 9.17) is 0 Å². The van der Waals surface area contributed by atoms with Crippen molar-refractivity contribution >= 4 is 11.0 Å². The summed E-state index contributed by atoms with van der Waals surface area (Å²) in [5.41, 5.74) is 2.90. The summed E-state index contributed by atoms with van der Waals surface area (Å²) in [4.78, 5) is 16.8. The average Bonchev–Trinajstić information content (AvgIpc) is 2.67. The number of benzene rings is 1. The molecule has 0 saturated heterocycles. The molecule has 1 heterocycles. The molecule has 0 spiro atoms. The fourth-order valence-electron chi connectivity index (χ4n) is 2.32. The van der Waals surface area contributed by atoms with E-state index in [0.717, 1.165) is 24.0 Å². The van der Waals surface area contributed by atoms with Gasteiger partial charge in [-0.05, 0) is 49.5 Å². The van der Waals surface area contributed by atoms with Crippen molar-refractivity contribution < 1.29 is 0 Å². The number of aromatic amines is 2. The summed E-state index contributed by atoms with van der Waals surface area (Å²) >= 11 is 0. The summed E-state index contributed by atoms with van der Waals surface area (Å²) in [6, 6.07) is 6.13. The Morgan fingerprint density at radius 1 is 1.22 bits per heavy atom. The van der Waals surface area contributed by atoms with Crippen molar-refractivity contribution in [1.82, 2.24) is 15.3 Å². The molecule has 1 aromatic carbocycles. The molecule has 0 aliphatic heterocycles. The van der Waals surface area contributed by atoms with Crippen molar-refractivity contribution in [3.05, 3.63) is 34.2 Å². The summed E-state index contributed by atoms with van der Waals surface area (Å²) in [7, 11) is 1.99. The van der Waals surface area contributed by atoms with E-state index in [1.807, 2.05) is 13.1 Å². The molecule has 1 atom stereocenters. The molecule has 0 saturated carbocycles. The first-order valence-electron chi connectivity index (χ1n) is 6.45. The Kier molecular flexibility index (Phi) is 3.87. The summed E-state index contributed by atoms with van der Waals surface area (Å²) in [5, 5.41) is 3.25. The van der Waals surface area contributed by atoms with Crippen molar-refractivity contribution in [3.8, 4) is 0 Å². The van der Waals surface area contributed by atoms with Crippen molar-refractivity contribution in [2.24, 2.45) is 11.8 Å². The maximum atomic E-state index is 11.2. The van der Waals surface area contributed by atoms with E-state index in [-0.39, 0.29) is 5.69 Å². The molecule has 18 heavy (non-hydrogen) atoms. The number of H-pyrrole nitrogens is 2. The quantitative estimate of drug-likeness (QED) is 0.755. The van der Waals surface area contributed by atoms with Gasteiger partial charge in [0.05, 0.1) is 11.0 Å². The van der Waals surface area contributed by atoms with Gasteiger partial charge >= 0.3 is 5.69 Å². The predicted molar refractivity (Wildman–Crippen MR) is 74.9 cm³/mol. The van der Waals surface area contributed by atoms with Gasteiger partial charge in [-0.25, -0.2) is 4.79 Å². The third-order valence-corrected chi connectivity index (χ3v) is 3.49. The Morgan fingerprint density at radius 3 is 2.61 bits per heavy atom. The summed E-state index contributed by atoms with van der Waals surface area (Å²) < 4.78 is 0. The number of hydrogen-bond acceptors (Lipinski definition) is 2. The SMILES string of the molecule is CNCC(Cc1ccc2[nH]c(=O)[nH]c2c1)C(C)C. The molecular formula is C14H21N3O. The highest BCUT2D eigenvalue weighted by Gasteiger charge is 2.13. The van der Waals surface area contributed by atoms with E-state index in [9.17, 15) is 4.79 Å². The Labute approximate surface area is 107 Å². The molecule has 98 valence electrons. The van der Waals surface area contributed by atoms with E-state index in [1.54, 1.807) is 0 Å². The molecule has 0 radical (unpaired) electrons. The average molecular weight is 247 g/mol. The minimum absolute atomic E-state index is 0.141. The van der Waals surface area contributed by atoms with Crippen LogP contribution in [0.25, 0.3) is 11.0 Å². The molecular weight excluding hydrogens is 226 g/mol. The second-order valence-electron chi connectivity index (χ2n) is 5.22. The van der Waals surface area contributed by atoms with Crippen LogP contribution in [0.1, 0.15) is 19.4 Å². The van der Waals surface area contributed by atoms with Crippen LogP contribution in [-0.2, 0) is 6.42 Å². The fourth-order valence-corrected chi connectivity index (χ4v) is 2.32. The summed E-state index contributed by atoms with van der Waals surface area (Å²) in [6.45, 7) is 5.51. The fraction of sp³-hybridized carbons (Fsp3) is 0.500. The van der Waals surface area contributed by atoms with Crippen LogP contribution in [0, 0.1) is 11.8 Å². The molecule has 3 N–H and O–H groups in total. The van der Waals surface area contributed by atoms with Crippen molar-refractivity contribution in [1.29, 1.82) is 0 Å². The molecule has 4 heteroatoms. The monoisotopic (exact) mass is 247 g/mol. The van der Waals surface area contributed by atoms with Gasteiger partial charge in [0.1, 0.15) is 0 Å². The van der Waals surface area contributed by atoms with Crippen molar-refractivity contribution in [3.63, 3.8) is 0 Å². The van der Waals surface area contributed by atoms with E-state index in [0.29, 0.717) is 11.8 Å². The highest BCUT2D eigenvalue weighted by molar-refractivity contribution is 5.75. The smallest absolute Gasteiger partial charge is 0.319 e. The molecule has 0 aliphatic carbocycles. The molecule has 0 amide bonds. The van der Waals surface area contributed by atoms with Gasteiger partial charge in [0.2, 0.25) is 0 Å². The highest BCUT2D eigenvalue weighted by Crippen LogP contribution is 2.18. The van der Waals surface area contributed by atoms with Gasteiger partial charge in [-0.3, -0.25) is 0 Å². The standard InChI is InChI=1S/C14H21N3O/c1-9(2)11(8-15-3)6-10-4-5-12-13(7-10)17-14(18)16-12/h4-5,7,9,11,15H,6,8H2,1-3H3,(H2,16,17,18). The van der Waals surface area contributed by atoms with Crippen molar-refractivity contribution in [2.75, 3.05) is 13.6 Å². The topological polar surface area (TPSA) is 60.7 Å². The maximum Gasteiger partial charge on any atom is 0.323 e. The van der Waals surface area contributed by atoms with Gasteiger partial charge in [0.25, 0.3) is 0 Å². The number of fused-ring (bicyclic) bond motifs is 1. The third kappa shape index (κ3) is 2.82. The molecule has 4 nitrogen and oxygen atoms in total. The van der Waals surface area contributed by atoms with Gasteiger partial charge in [-0.15, -0.1) is 0 Å². The normalized spacial score (nSPS) is 13.3. The molecule has 0 aliphatic rings. The molecule has 2 rings (SSSR count). The number of rotatable bonds is 5. The van der Waals surface area contributed by atoms with E-state index < -0.39 is 0 Å². The Hall–Kier alpha value is -1.55. The largest absolute Gasteiger partial charge is 0.323 e. The van der Waals surface area contributed by atoms with Crippen LogP contribution >= 0.6 is 0 Å². The van der Waals surface area contributed by atoms with E-state index in [1.165, 1.54) is 5.56 Å². The van der Waals surface area contributed by atoms with Gasteiger partial charge in [0.15, 0.2) is 0 Å². The van der Waals surface area contributed by atoms with Crippen molar-refractivity contribution in [2.45, 2.75) is 20.3 Å². The zero-order chi connectivity index (χ0) is 13.1. The minimum atomic E-state index is -0.141. The Balaban J connectivity index is 2.22. The highest BCUT2D eigenvalue weighted by atomic mass is 16.1. The predicted octanol–water partition coefficient (Wildman–Crippen LogP) is 1.89. The third-order valence-electron chi connectivity index (χ3n) is 3.49. The molecule has 1 aromatic heterocycles. The zero-order valence-electron chi connectivity index (χ0n) is 11.2. The van der Waals surface area contributed by atoms with Crippen LogP contribution in [0.5, 0.6) is 0 Å². The molecule has 1 unspecified atom stereocenters. The van der Waals surface area contributed by atoms with Crippen LogP contribution in [0.4, 0.5) is 0 Å². The number of aromatic nitrogens is 2. The lowest BCUT2D eigenvalue weighted by atomic mass is 9.89. The number of nitrogens with one attached hydrogen (secondary N) is 3. The Bertz CT molecular complexity index is 568. The van der Waals surface area contributed by atoms with E-state index >= 15 is 0 Å². The lowest BCUT2D eigenvalue weighted by molar-refractivity contribution is 0.370. The molecule has 0 fully saturated rings. The second-order valence-corrected chi connectivity index (χ2v) is 5.22. The number of hydrogen-bond donors (Lipinski definition) is 3. The molecule has 2 aromatic rings. The van der Waals surface area contributed by atoms with Crippen LogP contribution in [-0.4, -0.2) is 23.6 Å². The minimum Gasteiger partial charge on any atom is -0.319 e. The maximum absolute atomic E-state index is 11.2. The van der Waals surface area contributed by atoms with Gasteiger partial charge in [-0.2, -0.15) is 0 Å².